The molecule has 0 aliphatic rings. The van der Waals surface area contributed by atoms with Crippen LogP contribution in [-0.2, 0) is 0 Å². The Morgan fingerprint density at radius 3 is 2.45 bits per heavy atom. The van der Waals surface area contributed by atoms with E-state index in [0.717, 1.165) is 32.0 Å². The summed E-state index contributed by atoms with van der Waals surface area (Å²) in [7, 11) is 0. The molecule has 0 saturated carbocycles. The maximum Gasteiger partial charge on any atom is 0.305 e. The molecule has 0 heterocycles. The maximum atomic E-state index is 13.3. The highest BCUT2D eigenvalue weighted by atomic mass is 35.5. The topological polar surface area (TPSA) is 46.4 Å². The van der Waals surface area contributed by atoms with Crippen molar-refractivity contribution in [3.63, 3.8) is 0 Å². The minimum atomic E-state index is -0.832. The Morgan fingerprint density at radius 2 is 1.95 bits per heavy atom. The molecular formula is C14H20ClFN2O2. The van der Waals surface area contributed by atoms with Gasteiger partial charge in [-0.3, -0.25) is 10.1 Å². The summed E-state index contributed by atoms with van der Waals surface area (Å²) in [6.07, 6.45) is 2.04. The molecule has 0 N–H and O–H groups in total. The zero-order valence-electron chi connectivity index (χ0n) is 11.8. The number of halogens is 2. The van der Waals surface area contributed by atoms with Crippen LogP contribution in [0.4, 0.5) is 10.1 Å². The molecular weight excluding hydrogens is 283 g/mol. The number of alkyl halides is 1. The minimum Gasteiger partial charge on any atom is -0.302 e. The fourth-order valence-electron chi connectivity index (χ4n) is 2.12. The van der Waals surface area contributed by atoms with Gasteiger partial charge < -0.3 is 4.90 Å². The summed E-state index contributed by atoms with van der Waals surface area (Å²) >= 11 is 6.31. The highest BCUT2D eigenvalue weighted by molar-refractivity contribution is 6.21. The van der Waals surface area contributed by atoms with Crippen LogP contribution in [0.3, 0.4) is 0 Å². The lowest BCUT2D eigenvalue weighted by atomic mass is 10.1. The Morgan fingerprint density at radius 1 is 1.35 bits per heavy atom. The number of nitro groups is 1. The van der Waals surface area contributed by atoms with Crippen LogP contribution in [0.25, 0.3) is 0 Å². The Kier molecular flexibility index (Phi) is 6.88. The second kappa shape index (κ2) is 8.17. The van der Waals surface area contributed by atoms with E-state index in [1.54, 1.807) is 0 Å². The third-order valence-corrected chi connectivity index (χ3v) is 3.42. The van der Waals surface area contributed by atoms with Crippen molar-refractivity contribution >= 4 is 17.3 Å². The lowest BCUT2D eigenvalue weighted by Gasteiger charge is -2.23. The first-order valence-corrected chi connectivity index (χ1v) is 7.23. The standard InChI is InChI=1S/C14H20ClFN2O2/c1-3-7-17(8-4-2)10-12(15)11-5-6-13(16)14(9-11)18(19)20/h5-6,9,12H,3-4,7-8,10H2,1-2H3. The van der Waals surface area contributed by atoms with E-state index in [2.05, 4.69) is 18.7 Å². The van der Waals surface area contributed by atoms with Crippen LogP contribution in [0.15, 0.2) is 18.2 Å². The van der Waals surface area contributed by atoms with E-state index in [4.69, 9.17) is 11.6 Å². The molecule has 1 aromatic carbocycles. The Bertz CT molecular complexity index is 451. The van der Waals surface area contributed by atoms with Gasteiger partial charge >= 0.3 is 5.69 Å². The van der Waals surface area contributed by atoms with Crippen molar-refractivity contribution < 1.29 is 9.31 Å². The van der Waals surface area contributed by atoms with Gasteiger partial charge in [-0.15, -0.1) is 11.6 Å². The van der Waals surface area contributed by atoms with Gasteiger partial charge in [0.1, 0.15) is 0 Å². The molecule has 0 amide bonds. The van der Waals surface area contributed by atoms with Crippen molar-refractivity contribution in [1.82, 2.24) is 4.90 Å². The van der Waals surface area contributed by atoms with Crippen LogP contribution in [0.5, 0.6) is 0 Å². The van der Waals surface area contributed by atoms with E-state index < -0.39 is 16.4 Å². The summed E-state index contributed by atoms with van der Waals surface area (Å²) in [5.41, 5.74) is 0.0580. The van der Waals surface area contributed by atoms with E-state index in [1.165, 1.54) is 12.1 Å². The number of hydrogen-bond donors (Lipinski definition) is 0. The van der Waals surface area contributed by atoms with Gasteiger partial charge in [0.25, 0.3) is 0 Å². The summed E-state index contributed by atoms with van der Waals surface area (Å²) in [5, 5.41) is 10.4. The molecule has 0 aliphatic carbocycles. The molecule has 1 aromatic rings. The molecule has 0 aliphatic heterocycles. The fourth-order valence-corrected chi connectivity index (χ4v) is 2.45. The lowest BCUT2D eigenvalue weighted by Crippen LogP contribution is -2.28. The lowest BCUT2D eigenvalue weighted by molar-refractivity contribution is -0.387. The second-order valence-corrected chi connectivity index (χ2v) is 5.26. The molecule has 6 heteroatoms. The van der Waals surface area contributed by atoms with Crippen molar-refractivity contribution in [3.8, 4) is 0 Å². The van der Waals surface area contributed by atoms with E-state index in [1.807, 2.05) is 0 Å². The number of benzene rings is 1. The molecule has 0 spiro atoms. The van der Waals surface area contributed by atoms with Crippen LogP contribution in [-0.4, -0.2) is 29.5 Å². The Labute approximate surface area is 123 Å². The van der Waals surface area contributed by atoms with Gasteiger partial charge in [0.05, 0.1) is 10.3 Å². The first kappa shape index (κ1) is 16.9. The van der Waals surface area contributed by atoms with Crippen LogP contribution in [0.1, 0.15) is 37.6 Å². The van der Waals surface area contributed by atoms with Crippen molar-refractivity contribution in [2.45, 2.75) is 32.1 Å². The van der Waals surface area contributed by atoms with Gasteiger partial charge in [-0.25, -0.2) is 0 Å². The van der Waals surface area contributed by atoms with Crippen LogP contribution in [0, 0.1) is 15.9 Å². The van der Waals surface area contributed by atoms with Gasteiger partial charge in [0, 0.05) is 12.6 Å². The van der Waals surface area contributed by atoms with Crippen LogP contribution >= 0.6 is 11.6 Å². The molecule has 0 fully saturated rings. The van der Waals surface area contributed by atoms with Crippen molar-refractivity contribution in [1.29, 1.82) is 0 Å². The van der Waals surface area contributed by atoms with Gasteiger partial charge in [-0.05, 0) is 37.6 Å². The summed E-state index contributed by atoms with van der Waals surface area (Å²) in [6.45, 7) is 6.65. The molecule has 0 bridgehead atoms. The van der Waals surface area contributed by atoms with Gasteiger partial charge in [-0.2, -0.15) is 4.39 Å². The highest BCUT2D eigenvalue weighted by Gasteiger charge is 2.19. The van der Waals surface area contributed by atoms with Crippen LogP contribution in [0.2, 0.25) is 0 Å². The fraction of sp³-hybridized carbons (Fsp3) is 0.571. The van der Waals surface area contributed by atoms with Gasteiger partial charge in [0.2, 0.25) is 5.82 Å². The number of hydrogen-bond acceptors (Lipinski definition) is 3. The second-order valence-electron chi connectivity index (χ2n) is 4.74. The van der Waals surface area contributed by atoms with Gasteiger partial charge in [0.15, 0.2) is 0 Å². The SMILES string of the molecule is CCCN(CCC)CC(Cl)c1ccc(F)c([N+](=O)[O-])c1. The molecule has 0 aromatic heterocycles. The average molecular weight is 303 g/mol. The monoisotopic (exact) mass is 302 g/mol. The number of nitrogens with zero attached hydrogens (tertiary/aromatic N) is 2. The van der Waals surface area contributed by atoms with E-state index in [-0.39, 0.29) is 5.38 Å². The van der Waals surface area contributed by atoms with Crippen molar-refractivity contribution in [2.24, 2.45) is 0 Å². The van der Waals surface area contributed by atoms with E-state index in [0.29, 0.717) is 12.1 Å². The van der Waals surface area contributed by atoms with Crippen molar-refractivity contribution in [2.75, 3.05) is 19.6 Å². The molecule has 4 nitrogen and oxygen atoms in total. The first-order chi connectivity index (χ1) is 9.49. The Hall–Kier alpha value is -1.20. The smallest absolute Gasteiger partial charge is 0.302 e. The van der Waals surface area contributed by atoms with Gasteiger partial charge in [-0.1, -0.05) is 19.9 Å². The largest absolute Gasteiger partial charge is 0.305 e. The molecule has 112 valence electrons. The molecule has 0 radical (unpaired) electrons. The highest BCUT2D eigenvalue weighted by Crippen LogP contribution is 2.27. The summed E-state index contributed by atoms with van der Waals surface area (Å²) in [4.78, 5) is 12.2. The maximum absolute atomic E-state index is 13.3. The molecule has 1 rings (SSSR count). The first-order valence-electron chi connectivity index (χ1n) is 6.79. The Balaban J connectivity index is 2.83. The van der Waals surface area contributed by atoms with E-state index >= 15 is 0 Å². The predicted molar refractivity (Wildman–Crippen MR) is 78.7 cm³/mol. The predicted octanol–water partition coefficient (Wildman–Crippen LogP) is 4.14. The minimum absolute atomic E-state index is 0.382. The summed E-state index contributed by atoms with van der Waals surface area (Å²) < 4.78 is 13.3. The molecule has 0 saturated heterocycles. The molecule has 1 unspecified atom stereocenters. The van der Waals surface area contributed by atoms with Crippen molar-refractivity contribution in [3.05, 3.63) is 39.7 Å². The van der Waals surface area contributed by atoms with Crippen LogP contribution < -0.4 is 0 Å². The number of rotatable bonds is 8. The summed E-state index contributed by atoms with van der Waals surface area (Å²) in [6, 6.07) is 3.84. The number of nitro benzene ring substituents is 1. The zero-order valence-corrected chi connectivity index (χ0v) is 12.6. The molecule has 20 heavy (non-hydrogen) atoms. The normalized spacial score (nSPS) is 12.7. The third kappa shape index (κ3) is 4.72. The quantitative estimate of drug-likeness (QED) is 0.412. The average Bonchev–Trinajstić information content (AvgIpc) is 2.39. The third-order valence-electron chi connectivity index (χ3n) is 3.03. The zero-order chi connectivity index (χ0) is 15.1. The summed E-state index contributed by atoms with van der Waals surface area (Å²) in [5.74, 6) is -0.832. The molecule has 1 atom stereocenters. The van der Waals surface area contributed by atoms with E-state index in [9.17, 15) is 14.5 Å².